The fourth-order valence-corrected chi connectivity index (χ4v) is 0.981. The molecule has 2 N–H and O–H groups in total. The van der Waals surface area contributed by atoms with Crippen LogP contribution in [-0.2, 0) is 0 Å². The summed E-state index contributed by atoms with van der Waals surface area (Å²) in [6.07, 6.45) is -2.73. The Hall–Kier alpha value is -1.54. The first-order valence-electron chi connectivity index (χ1n) is 3.79. The molecule has 0 amide bonds. The predicted molar refractivity (Wildman–Crippen MR) is 44.0 cm³/mol. The number of rotatable bonds is 2. The smallest absolute Gasteiger partial charge is 0.257 e. The van der Waals surface area contributed by atoms with Crippen molar-refractivity contribution in [2.24, 2.45) is 5.73 Å². The summed E-state index contributed by atoms with van der Waals surface area (Å²) in [5.74, 6) is -0.738. The molecular formula is C9H7F3N2. The minimum absolute atomic E-state index is 0.0537. The van der Waals surface area contributed by atoms with Crippen LogP contribution in [0.5, 0.6) is 0 Å². The van der Waals surface area contributed by atoms with E-state index in [-0.39, 0.29) is 11.1 Å². The summed E-state index contributed by atoms with van der Waals surface area (Å²) in [6, 6.07) is 3.20. The SMILES string of the molecule is N#Cc1cc([C@H](N)C(F)F)ccc1F. The maximum Gasteiger partial charge on any atom is 0.257 e. The van der Waals surface area contributed by atoms with Crippen LogP contribution in [0.3, 0.4) is 0 Å². The summed E-state index contributed by atoms with van der Waals surface area (Å²) < 4.78 is 37.1. The van der Waals surface area contributed by atoms with Crippen LogP contribution in [0.25, 0.3) is 0 Å². The Labute approximate surface area is 78.8 Å². The van der Waals surface area contributed by atoms with Gasteiger partial charge in [-0.3, -0.25) is 0 Å². The zero-order valence-electron chi connectivity index (χ0n) is 7.05. The third-order valence-corrected chi connectivity index (χ3v) is 1.77. The van der Waals surface area contributed by atoms with Crippen LogP contribution in [0.4, 0.5) is 13.2 Å². The van der Waals surface area contributed by atoms with Gasteiger partial charge in [-0.15, -0.1) is 0 Å². The fraction of sp³-hybridized carbons (Fsp3) is 0.222. The van der Waals surface area contributed by atoms with E-state index in [4.69, 9.17) is 11.0 Å². The van der Waals surface area contributed by atoms with E-state index in [0.29, 0.717) is 0 Å². The first-order valence-corrected chi connectivity index (χ1v) is 3.79. The Balaban J connectivity index is 3.08. The minimum atomic E-state index is -2.73. The van der Waals surface area contributed by atoms with Crippen molar-refractivity contribution < 1.29 is 13.2 Å². The lowest BCUT2D eigenvalue weighted by Gasteiger charge is -2.10. The van der Waals surface area contributed by atoms with E-state index >= 15 is 0 Å². The van der Waals surface area contributed by atoms with Gasteiger partial charge in [-0.1, -0.05) is 6.07 Å². The molecule has 0 saturated carbocycles. The van der Waals surface area contributed by atoms with E-state index in [2.05, 4.69) is 0 Å². The highest BCUT2D eigenvalue weighted by molar-refractivity contribution is 5.35. The number of hydrogen-bond acceptors (Lipinski definition) is 2. The maximum atomic E-state index is 12.8. The van der Waals surface area contributed by atoms with Gasteiger partial charge < -0.3 is 5.73 Å². The van der Waals surface area contributed by atoms with Gasteiger partial charge >= 0.3 is 0 Å². The van der Waals surface area contributed by atoms with Crippen molar-refractivity contribution in [1.29, 1.82) is 5.26 Å². The van der Waals surface area contributed by atoms with E-state index in [0.717, 1.165) is 18.2 Å². The first-order chi connectivity index (χ1) is 6.56. The summed E-state index contributed by atoms with van der Waals surface area (Å²) in [7, 11) is 0. The molecule has 1 aromatic rings. The molecule has 0 aromatic heterocycles. The van der Waals surface area contributed by atoms with E-state index < -0.39 is 18.3 Å². The van der Waals surface area contributed by atoms with E-state index in [9.17, 15) is 13.2 Å². The molecule has 0 aliphatic rings. The minimum Gasteiger partial charge on any atom is -0.319 e. The molecule has 5 heteroatoms. The number of nitrogens with zero attached hydrogens (tertiary/aromatic N) is 1. The van der Waals surface area contributed by atoms with Crippen molar-refractivity contribution in [2.75, 3.05) is 0 Å². The molecule has 0 heterocycles. The second-order valence-electron chi connectivity index (χ2n) is 2.71. The van der Waals surface area contributed by atoms with Gasteiger partial charge in [0.2, 0.25) is 0 Å². The van der Waals surface area contributed by atoms with Crippen LogP contribution < -0.4 is 5.73 Å². The van der Waals surface area contributed by atoms with Crippen molar-refractivity contribution in [3.8, 4) is 6.07 Å². The largest absolute Gasteiger partial charge is 0.319 e. The Morgan fingerprint density at radius 2 is 2.00 bits per heavy atom. The van der Waals surface area contributed by atoms with Crippen LogP contribution in [-0.4, -0.2) is 6.43 Å². The Kier molecular flexibility index (Phi) is 3.10. The quantitative estimate of drug-likeness (QED) is 0.793. The van der Waals surface area contributed by atoms with Crippen molar-refractivity contribution >= 4 is 0 Å². The molecule has 1 rings (SSSR count). The Morgan fingerprint density at radius 3 is 2.50 bits per heavy atom. The summed E-state index contributed by atoms with van der Waals surface area (Å²) in [5, 5.41) is 8.44. The van der Waals surface area contributed by atoms with Crippen LogP contribution >= 0.6 is 0 Å². The number of nitrogens with two attached hydrogens (primary N) is 1. The number of benzene rings is 1. The third-order valence-electron chi connectivity index (χ3n) is 1.77. The molecule has 0 unspecified atom stereocenters. The molecule has 0 bridgehead atoms. The van der Waals surface area contributed by atoms with Gasteiger partial charge in [0.15, 0.2) is 0 Å². The van der Waals surface area contributed by atoms with Crippen molar-refractivity contribution in [3.63, 3.8) is 0 Å². The topological polar surface area (TPSA) is 49.8 Å². The van der Waals surface area contributed by atoms with E-state index in [1.165, 1.54) is 0 Å². The van der Waals surface area contributed by atoms with Gasteiger partial charge in [-0.05, 0) is 17.7 Å². The van der Waals surface area contributed by atoms with Crippen molar-refractivity contribution in [3.05, 3.63) is 35.1 Å². The molecule has 0 fully saturated rings. The monoisotopic (exact) mass is 200 g/mol. The molecule has 0 radical (unpaired) electrons. The van der Waals surface area contributed by atoms with Gasteiger partial charge in [-0.25, -0.2) is 13.2 Å². The molecule has 2 nitrogen and oxygen atoms in total. The zero-order chi connectivity index (χ0) is 10.7. The van der Waals surface area contributed by atoms with Crippen molar-refractivity contribution in [2.45, 2.75) is 12.5 Å². The maximum absolute atomic E-state index is 12.8. The lowest BCUT2D eigenvalue weighted by atomic mass is 10.1. The number of alkyl halides is 2. The number of halogens is 3. The molecule has 0 spiro atoms. The summed E-state index contributed by atoms with van der Waals surface area (Å²) in [4.78, 5) is 0. The summed E-state index contributed by atoms with van der Waals surface area (Å²) in [6.45, 7) is 0. The lowest BCUT2D eigenvalue weighted by molar-refractivity contribution is 0.116. The molecule has 0 aliphatic carbocycles. The molecule has 1 atom stereocenters. The second kappa shape index (κ2) is 4.11. The van der Waals surface area contributed by atoms with Crippen LogP contribution in [0.2, 0.25) is 0 Å². The third kappa shape index (κ3) is 2.03. The van der Waals surface area contributed by atoms with Crippen LogP contribution in [0, 0.1) is 17.1 Å². The molecule has 0 aliphatic heterocycles. The highest BCUT2D eigenvalue weighted by atomic mass is 19.3. The number of nitriles is 1. The van der Waals surface area contributed by atoms with E-state index in [1.807, 2.05) is 0 Å². The summed E-state index contributed by atoms with van der Waals surface area (Å²) in [5.41, 5.74) is 4.90. The highest BCUT2D eigenvalue weighted by Crippen LogP contribution is 2.20. The Morgan fingerprint density at radius 1 is 1.36 bits per heavy atom. The average Bonchev–Trinajstić information content (AvgIpc) is 2.17. The van der Waals surface area contributed by atoms with Crippen LogP contribution in [0.1, 0.15) is 17.2 Å². The summed E-state index contributed by atoms with van der Waals surface area (Å²) >= 11 is 0. The Bertz CT molecular complexity index is 371. The number of hydrogen-bond donors (Lipinski definition) is 1. The lowest BCUT2D eigenvalue weighted by Crippen LogP contribution is -2.19. The molecule has 74 valence electrons. The molecule has 1 aromatic carbocycles. The predicted octanol–water partition coefficient (Wildman–Crippen LogP) is 1.96. The first kappa shape index (κ1) is 10.5. The molecule has 0 saturated heterocycles. The average molecular weight is 200 g/mol. The van der Waals surface area contributed by atoms with Gasteiger partial charge in [0.1, 0.15) is 11.9 Å². The van der Waals surface area contributed by atoms with Gasteiger partial charge in [0.05, 0.1) is 11.6 Å². The second-order valence-corrected chi connectivity index (χ2v) is 2.71. The van der Waals surface area contributed by atoms with Crippen molar-refractivity contribution in [1.82, 2.24) is 0 Å². The standard InChI is InChI=1S/C9H7F3N2/c10-7-2-1-5(3-6(7)4-13)8(14)9(11)12/h1-3,8-9H,14H2/t8-/m0/s1. The fourth-order valence-electron chi connectivity index (χ4n) is 0.981. The van der Waals surface area contributed by atoms with E-state index in [1.54, 1.807) is 6.07 Å². The molecule has 14 heavy (non-hydrogen) atoms. The van der Waals surface area contributed by atoms with Crippen LogP contribution in [0.15, 0.2) is 18.2 Å². The van der Waals surface area contributed by atoms with Gasteiger partial charge in [-0.2, -0.15) is 5.26 Å². The normalized spacial score (nSPS) is 12.6. The zero-order valence-corrected chi connectivity index (χ0v) is 7.05. The van der Waals surface area contributed by atoms with Gasteiger partial charge in [0, 0.05) is 0 Å². The highest BCUT2D eigenvalue weighted by Gasteiger charge is 2.18. The van der Waals surface area contributed by atoms with Gasteiger partial charge in [0.25, 0.3) is 6.43 Å². The molecular weight excluding hydrogens is 193 g/mol.